The summed E-state index contributed by atoms with van der Waals surface area (Å²) in [5.41, 5.74) is 0.452. The number of anilines is 1. The monoisotopic (exact) mass is 421 g/mol. The highest BCUT2D eigenvalue weighted by Gasteiger charge is 2.17. The second kappa shape index (κ2) is 11.4. The molecule has 0 aliphatic carbocycles. The van der Waals surface area contributed by atoms with Crippen LogP contribution in [-0.2, 0) is 4.79 Å². The Balaban J connectivity index is 0.00000300. The lowest BCUT2D eigenvalue weighted by atomic mass is 9.99. The zero-order valence-electron chi connectivity index (χ0n) is 15.9. The van der Waals surface area contributed by atoms with Crippen LogP contribution in [0.15, 0.2) is 48.5 Å². The van der Waals surface area contributed by atoms with Crippen LogP contribution < -0.4 is 20.7 Å². The van der Waals surface area contributed by atoms with Crippen LogP contribution in [0.1, 0.15) is 23.2 Å². The Kier molecular flexibility index (Phi) is 8.89. The van der Waals surface area contributed by atoms with Crippen molar-refractivity contribution in [3.8, 4) is 5.75 Å². The van der Waals surface area contributed by atoms with Gasteiger partial charge >= 0.3 is 0 Å². The summed E-state index contributed by atoms with van der Waals surface area (Å²) in [5, 5.41) is 8.71. The van der Waals surface area contributed by atoms with E-state index in [0.717, 1.165) is 25.9 Å². The third-order valence-electron chi connectivity index (χ3n) is 4.59. The fourth-order valence-corrected chi connectivity index (χ4v) is 3.10. The zero-order chi connectivity index (χ0) is 19.8. The highest BCUT2D eigenvalue weighted by Crippen LogP contribution is 2.19. The van der Waals surface area contributed by atoms with Crippen LogP contribution >= 0.6 is 12.4 Å². The Hall–Kier alpha value is -2.64. The molecule has 0 aromatic heterocycles. The number of hydrogen-bond acceptors (Lipinski definition) is 4. The van der Waals surface area contributed by atoms with E-state index < -0.39 is 11.7 Å². The van der Waals surface area contributed by atoms with Gasteiger partial charge in [0, 0.05) is 6.54 Å². The number of carbonyl (C=O) groups excluding carboxylic acids is 2. The average Bonchev–Trinajstić information content (AvgIpc) is 2.73. The number of benzene rings is 2. The Bertz CT molecular complexity index is 828. The summed E-state index contributed by atoms with van der Waals surface area (Å²) >= 11 is 0. The number of para-hydroxylation sites is 2. The molecule has 1 fully saturated rings. The van der Waals surface area contributed by atoms with E-state index in [2.05, 4.69) is 16.0 Å². The van der Waals surface area contributed by atoms with Crippen LogP contribution in [0.3, 0.4) is 0 Å². The van der Waals surface area contributed by atoms with E-state index in [4.69, 9.17) is 4.74 Å². The van der Waals surface area contributed by atoms with Gasteiger partial charge < -0.3 is 20.7 Å². The molecule has 2 amide bonds. The lowest BCUT2D eigenvalue weighted by Crippen LogP contribution is -2.38. The standard InChI is InChI=1S/C21H24FN3O3.ClH/c22-17-8-2-3-9-18(17)25-20(26)14-28-19-10-4-1-7-16(19)21(27)24-13-15-6-5-11-23-12-15;/h1-4,7-10,15,23H,5-6,11-14H2,(H,24,27)(H,25,26);1H. The normalized spacial score (nSPS) is 15.7. The first-order valence-corrected chi connectivity index (χ1v) is 9.38. The number of hydrogen-bond donors (Lipinski definition) is 3. The van der Waals surface area contributed by atoms with E-state index in [1.807, 2.05) is 0 Å². The number of rotatable bonds is 7. The van der Waals surface area contributed by atoms with Crippen LogP contribution in [0.4, 0.5) is 10.1 Å². The van der Waals surface area contributed by atoms with Crippen LogP contribution in [-0.4, -0.2) is 38.1 Å². The van der Waals surface area contributed by atoms with Crippen molar-refractivity contribution in [2.24, 2.45) is 5.92 Å². The van der Waals surface area contributed by atoms with Crippen molar-refractivity contribution in [2.75, 3.05) is 31.6 Å². The molecule has 156 valence electrons. The van der Waals surface area contributed by atoms with Gasteiger partial charge in [0.2, 0.25) is 0 Å². The fourth-order valence-electron chi connectivity index (χ4n) is 3.10. The maximum atomic E-state index is 13.6. The van der Waals surface area contributed by atoms with Crippen molar-refractivity contribution in [3.05, 3.63) is 59.9 Å². The molecule has 1 saturated heterocycles. The Labute approximate surface area is 175 Å². The number of halogens is 2. The predicted molar refractivity (Wildman–Crippen MR) is 112 cm³/mol. The number of ether oxygens (including phenoxy) is 1. The van der Waals surface area contributed by atoms with Crippen LogP contribution in [0.25, 0.3) is 0 Å². The highest BCUT2D eigenvalue weighted by molar-refractivity contribution is 5.97. The first-order valence-electron chi connectivity index (χ1n) is 9.38. The van der Waals surface area contributed by atoms with Gasteiger partial charge in [-0.25, -0.2) is 4.39 Å². The van der Waals surface area contributed by atoms with Crippen LogP contribution in [0.2, 0.25) is 0 Å². The second-order valence-corrected chi connectivity index (χ2v) is 6.74. The molecule has 29 heavy (non-hydrogen) atoms. The van der Waals surface area contributed by atoms with Gasteiger partial charge in [0.05, 0.1) is 11.3 Å². The van der Waals surface area contributed by atoms with Gasteiger partial charge in [0.15, 0.2) is 6.61 Å². The fraction of sp³-hybridized carbons (Fsp3) is 0.333. The molecule has 6 nitrogen and oxygen atoms in total. The SMILES string of the molecule is Cl.O=C(COc1ccccc1C(=O)NCC1CCCNC1)Nc1ccccc1F. The average molecular weight is 422 g/mol. The molecule has 2 aromatic carbocycles. The van der Waals surface area contributed by atoms with E-state index in [-0.39, 0.29) is 30.6 Å². The molecule has 1 aliphatic heterocycles. The number of carbonyl (C=O) groups is 2. The topological polar surface area (TPSA) is 79.5 Å². The Morgan fingerprint density at radius 3 is 2.66 bits per heavy atom. The summed E-state index contributed by atoms with van der Waals surface area (Å²) in [6.07, 6.45) is 2.19. The van der Waals surface area contributed by atoms with Crippen molar-refractivity contribution in [1.29, 1.82) is 0 Å². The summed E-state index contributed by atoms with van der Waals surface area (Å²) in [6, 6.07) is 12.6. The Morgan fingerprint density at radius 2 is 1.90 bits per heavy atom. The van der Waals surface area contributed by atoms with Crippen molar-refractivity contribution in [3.63, 3.8) is 0 Å². The molecule has 8 heteroatoms. The molecule has 3 N–H and O–H groups in total. The minimum absolute atomic E-state index is 0. The van der Waals surface area contributed by atoms with Gasteiger partial charge in [-0.1, -0.05) is 24.3 Å². The second-order valence-electron chi connectivity index (χ2n) is 6.74. The molecule has 1 aliphatic rings. The van der Waals surface area contributed by atoms with E-state index in [1.54, 1.807) is 36.4 Å². The quantitative estimate of drug-likeness (QED) is 0.642. The van der Waals surface area contributed by atoms with E-state index in [0.29, 0.717) is 23.8 Å². The molecule has 3 rings (SSSR count). The lowest BCUT2D eigenvalue weighted by molar-refractivity contribution is -0.118. The molecule has 2 aromatic rings. The first kappa shape index (κ1) is 22.6. The number of nitrogens with one attached hydrogen (secondary N) is 3. The maximum Gasteiger partial charge on any atom is 0.262 e. The zero-order valence-corrected chi connectivity index (χ0v) is 16.8. The minimum Gasteiger partial charge on any atom is -0.483 e. The molecule has 1 atom stereocenters. The van der Waals surface area contributed by atoms with E-state index in [1.165, 1.54) is 12.1 Å². The summed E-state index contributed by atoms with van der Waals surface area (Å²) in [7, 11) is 0. The highest BCUT2D eigenvalue weighted by atomic mass is 35.5. The van der Waals surface area contributed by atoms with Crippen molar-refractivity contribution < 1.29 is 18.7 Å². The molecule has 1 unspecified atom stereocenters. The van der Waals surface area contributed by atoms with Gasteiger partial charge in [-0.2, -0.15) is 0 Å². The van der Waals surface area contributed by atoms with Crippen LogP contribution in [0, 0.1) is 11.7 Å². The minimum atomic E-state index is -0.521. The summed E-state index contributed by atoms with van der Waals surface area (Å²) in [6.45, 7) is 2.18. The summed E-state index contributed by atoms with van der Waals surface area (Å²) in [5.74, 6) is -0.542. The van der Waals surface area contributed by atoms with Crippen LogP contribution in [0.5, 0.6) is 5.75 Å². The van der Waals surface area contributed by atoms with Gasteiger partial charge in [0.25, 0.3) is 11.8 Å². The van der Waals surface area contributed by atoms with E-state index >= 15 is 0 Å². The van der Waals surface area contributed by atoms with Crippen molar-refractivity contribution in [2.45, 2.75) is 12.8 Å². The smallest absolute Gasteiger partial charge is 0.262 e. The Morgan fingerprint density at radius 1 is 1.14 bits per heavy atom. The predicted octanol–water partition coefficient (Wildman–Crippen LogP) is 2.99. The van der Waals surface area contributed by atoms with Gasteiger partial charge in [-0.15, -0.1) is 12.4 Å². The summed E-state index contributed by atoms with van der Waals surface area (Å²) in [4.78, 5) is 24.6. The molecule has 0 bridgehead atoms. The molecule has 0 radical (unpaired) electrons. The van der Waals surface area contributed by atoms with Crippen molar-refractivity contribution >= 4 is 29.9 Å². The molecular formula is C21H25ClFN3O3. The van der Waals surface area contributed by atoms with Gasteiger partial charge in [0.1, 0.15) is 11.6 Å². The number of piperidine rings is 1. The molecular weight excluding hydrogens is 397 g/mol. The lowest BCUT2D eigenvalue weighted by Gasteiger charge is -2.23. The maximum absolute atomic E-state index is 13.6. The van der Waals surface area contributed by atoms with Gasteiger partial charge in [-0.05, 0) is 56.1 Å². The molecule has 0 spiro atoms. The third kappa shape index (κ3) is 6.73. The largest absolute Gasteiger partial charge is 0.483 e. The summed E-state index contributed by atoms with van der Waals surface area (Å²) < 4.78 is 19.1. The third-order valence-corrected chi connectivity index (χ3v) is 4.59. The van der Waals surface area contributed by atoms with Gasteiger partial charge in [-0.3, -0.25) is 9.59 Å². The molecule has 0 saturated carbocycles. The molecule has 1 heterocycles. The first-order chi connectivity index (χ1) is 13.6. The van der Waals surface area contributed by atoms with E-state index in [9.17, 15) is 14.0 Å². The number of amides is 2. The van der Waals surface area contributed by atoms with Crippen molar-refractivity contribution in [1.82, 2.24) is 10.6 Å².